The van der Waals surface area contributed by atoms with Crippen LogP contribution in [0.5, 0.6) is 0 Å². The summed E-state index contributed by atoms with van der Waals surface area (Å²) in [4.78, 5) is 15.5. The van der Waals surface area contributed by atoms with Crippen LogP contribution in [0.1, 0.15) is 10.5 Å². The number of H-pyrrole nitrogens is 1. The third-order valence-electron chi connectivity index (χ3n) is 1.73. The number of anilines is 1. The maximum Gasteiger partial charge on any atom is 0.273 e. The molecular formula is C9H7BrN4O. The predicted molar refractivity (Wildman–Crippen MR) is 58.5 cm³/mol. The van der Waals surface area contributed by atoms with Crippen LogP contribution >= 0.6 is 15.9 Å². The summed E-state index contributed by atoms with van der Waals surface area (Å²) in [5, 5.41) is 8.98. The summed E-state index contributed by atoms with van der Waals surface area (Å²) in [7, 11) is 0. The second-order valence-electron chi connectivity index (χ2n) is 2.79. The first-order valence-corrected chi connectivity index (χ1v) is 4.97. The molecule has 1 amide bonds. The van der Waals surface area contributed by atoms with Gasteiger partial charge in [-0.05, 0) is 34.1 Å². The number of aromatic amines is 1. The molecule has 0 aliphatic rings. The highest BCUT2D eigenvalue weighted by molar-refractivity contribution is 9.10. The van der Waals surface area contributed by atoms with Crippen LogP contribution in [0.2, 0.25) is 0 Å². The van der Waals surface area contributed by atoms with Crippen LogP contribution in [0, 0.1) is 0 Å². The van der Waals surface area contributed by atoms with E-state index in [0.717, 1.165) is 0 Å². The number of carbonyl (C=O) groups excluding carboxylic acids is 1. The van der Waals surface area contributed by atoms with Crippen LogP contribution in [0.25, 0.3) is 0 Å². The van der Waals surface area contributed by atoms with E-state index in [9.17, 15) is 4.79 Å². The zero-order valence-corrected chi connectivity index (χ0v) is 9.15. The first-order chi connectivity index (χ1) is 7.25. The fourth-order valence-corrected chi connectivity index (χ4v) is 1.43. The van der Waals surface area contributed by atoms with Crippen LogP contribution in [0.3, 0.4) is 0 Å². The van der Waals surface area contributed by atoms with Crippen molar-refractivity contribution < 1.29 is 4.79 Å². The van der Waals surface area contributed by atoms with Gasteiger partial charge in [-0.25, -0.2) is 4.98 Å². The molecule has 2 aromatic heterocycles. The van der Waals surface area contributed by atoms with E-state index in [1.54, 1.807) is 24.4 Å². The fraction of sp³-hybridized carbons (Fsp3) is 0. The zero-order valence-electron chi connectivity index (χ0n) is 7.57. The summed E-state index contributed by atoms with van der Waals surface area (Å²) in [6.07, 6.45) is 3.13. The lowest BCUT2D eigenvalue weighted by Crippen LogP contribution is -2.12. The fourth-order valence-electron chi connectivity index (χ4n) is 1.06. The van der Waals surface area contributed by atoms with Crippen LogP contribution in [0.4, 0.5) is 5.69 Å². The molecule has 0 aliphatic carbocycles. The summed E-state index contributed by atoms with van der Waals surface area (Å²) in [6, 6.07) is 5.03. The summed E-state index contributed by atoms with van der Waals surface area (Å²) in [6.45, 7) is 0. The van der Waals surface area contributed by atoms with Crippen LogP contribution in [-0.2, 0) is 0 Å². The van der Waals surface area contributed by atoms with E-state index in [1.165, 1.54) is 6.20 Å². The molecule has 2 N–H and O–H groups in total. The molecule has 0 atom stereocenters. The average molecular weight is 267 g/mol. The van der Waals surface area contributed by atoms with E-state index in [0.29, 0.717) is 16.0 Å². The van der Waals surface area contributed by atoms with Gasteiger partial charge in [0, 0.05) is 18.1 Å². The molecule has 6 heteroatoms. The lowest BCUT2D eigenvalue weighted by Gasteiger charge is -2.02. The molecule has 0 bridgehead atoms. The minimum Gasteiger partial charge on any atom is -0.321 e. The van der Waals surface area contributed by atoms with Gasteiger partial charge in [0.2, 0.25) is 0 Å². The van der Waals surface area contributed by atoms with Crippen molar-refractivity contribution in [3.63, 3.8) is 0 Å². The Hall–Kier alpha value is -1.69. The van der Waals surface area contributed by atoms with Gasteiger partial charge >= 0.3 is 0 Å². The molecule has 0 aromatic carbocycles. The second kappa shape index (κ2) is 4.22. The Labute approximate surface area is 94.0 Å². The van der Waals surface area contributed by atoms with E-state index in [1.807, 2.05) is 0 Å². The SMILES string of the molecule is O=C(Nc1ccnc(Br)c1)c1ccn[nH]1. The number of halogens is 1. The molecule has 15 heavy (non-hydrogen) atoms. The Balaban J connectivity index is 2.13. The Bertz CT molecular complexity index is 469. The van der Waals surface area contributed by atoms with Gasteiger partial charge in [0.05, 0.1) is 0 Å². The van der Waals surface area contributed by atoms with Crippen molar-refractivity contribution >= 4 is 27.5 Å². The highest BCUT2D eigenvalue weighted by Crippen LogP contribution is 2.13. The van der Waals surface area contributed by atoms with Crippen molar-refractivity contribution in [3.05, 3.63) is 40.9 Å². The summed E-state index contributed by atoms with van der Waals surface area (Å²) in [5.74, 6) is -0.231. The van der Waals surface area contributed by atoms with Crippen LogP contribution in [0.15, 0.2) is 35.2 Å². The molecule has 0 radical (unpaired) electrons. The molecule has 2 rings (SSSR count). The normalized spacial score (nSPS) is 9.93. The van der Waals surface area contributed by atoms with E-state index in [4.69, 9.17) is 0 Å². The van der Waals surface area contributed by atoms with Gasteiger partial charge in [0.25, 0.3) is 5.91 Å². The minimum absolute atomic E-state index is 0.231. The highest BCUT2D eigenvalue weighted by Gasteiger charge is 2.06. The summed E-state index contributed by atoms with van der Waals surface area (Å²) < 4.78 is 0.671. The second-order valence-corrected chi connectivity index (χ2v) is 3.60. The maximum atomic E-state index is 11.6. The summed E-state index contributed by atoms with van der Waals surface area (Å²) >= 11 is 3.22. The number of pyridine rings is 1. The van der Waals surface area contributed by atoms with E-state index < -0.39 is 0 Å². The predicted octanol–water partition coefficient (Wildman–Crippen LogP) is 1.82. The van der Waals surface area contributed by atoms with E-state index in [-0.39, 0.29) is 5.91 Å². The Kier molecular flexibility index (Phi) is 2.77. The standard InChI is InChI=1S/C9H7BrN4O/c10-8-5-6(1-3-11-8)13-9(15)7-2-4-12-14-7/h1-5H,(H,12,14)(H,11,13,15). The number of carbonyl (C=O) groups is 1. The van der Waals surface area contributed by atoms with Gasteiger partial charge in [0.1, 0.15) is 10.3 Å². The highest BCUT2D eigenvalue weighted by atomic mass is 79.9. The van der Waals surface area contributed by atoms with Crippen molar-refractivity contribution in [2.24, 2.45) is 0 Å². The minimum atomic E-state index is -0.231. The quantitative estimate of drug-likeness (QED) is 0.815. The Morgan fingerprint density at radius 3 is 2.93 bits per heavy atom. The van der Waals surface area contributed by atoms with Crippen LogP contribution < -0.4 is 5.32 Å². The van der Waals surface area contributed by atoms with Gasteiger partial charge in [-0.2, -0.15) is 5.10 Å². The molecule has 0 saturated heterocycles. The van der Waals surface area contributed by atoms with Crippen molar-refractivity contribution in [3.8, 4) is 0 Å². The number of hydrogen-bond acceptors (Lipinski definition) is 3. The number of amides is 1. The van der Waals surface area contributed by atoms with Crippen molar-refractivity contribution in [1.82, 2.24) is 15.2 Å². The Morgan fingerprint density at radius 1 is 1.40 bits per heavy atom. The Morgan fingerprint density at radius 2 is 2.27 bits per heavy atom. The van der Waals surface area contributed by atoms with Gasteiger partial charge in [-0.15, -0.1) is 0 Å². The molecule has 0 fully saturated rings. The van der Waals surface area contributed by atoms with Crippen molar-refractivity contribution in [1.29, 1.82) is 0 Å². The first kappa shape index (κ1) is 9.85. The number of nitrogens with zero attached hydrogens (tertiary/aromatic N) is 2. The number of nitrogens with one attached hydrogen (secondary N) is 2. The monoisotopic (exact) mass is 266 g/mol. The van der Waals surface area contributed by atoms with Gasteiger partial charge in [0.15, 0.2) is 0 Å². The molecule has 0 saturated carbocycles. The maximum absolute atomic E-state index is 11.6. The lowest BCUT2D eigenvalue weighted by molar-refractivity contribution is 0.102. The first-order valence-electron chi connectivity index (χ1n) is 4.18. The molecular weight excluding hydrogens is 260 g/mol. The molecule has 2 aromatic rings. The molecule has 0 spiro atoms. The third-order valence-corrected chi connectivity index (χ3v) is 2.16. The molecule has 0 aliphatic heterocycles. The molecule has 5 nitrogen and oxygen atoms in total. The van der Waals surface area contributed by atoms with Gasteiger partial charge in [-0.3, -0.25) is 9.89 Å². The van der Waals surface area contributed by atoms with Crippen molar-refractivity contribution in [2.75, 3.05) is 5.32 Å². The van der Waals surface area contributed by atoms with Gasteiger partial charge < -0.3 is 5.32 Å². The smallest absolute Gasteiger partial charge is 0.273 e. The summed E-state index contributed by atoms with van der Waals surface area (Å²) in [5.41, 5.74) is 1.10. The molecule has 76 valence electrons. The van der Waals surface area contributed by atoms with E-state index >= 15 is 0 Å². The zero-order chi connectivity index (χ0) is 10.7. The average Bonchev–Trinajstić information content (AvgIpc) is 2.70. The number of aromatic nitrogens is 3. The number of hydrogen-bond donors (Lipinski definition) is 2. The number of rotatable bonds is 2. The van der Waals surface area contributed by atoms with Gasteiger partial charge in [-0.1, -0.05) is 0 Å². The van der Waals surface area contributed by atoms with Crippen LogP contribution in [-0.4, -0.2) is 21.1 Å². The van der Waals surface area contributed by atoms with E-state index in [2.05, 4.69) is 36.4 Å². The van der Waals surface area contributed by atoms with Crippen molar-refractivity contribution in [2.45, 2.75) is 0 Å². The third kappa shape index (κ3) is 2.41. The molecule has 2 heterocycles. The molecule has 0 unspecified atom stereocenters. The topological polar surface area (TPSA) is 70.7 Å². The largest absolute Gasteiger partial charge is 0.321 e. The lowest BCUT2D eigenvalue weighted by atomic mass is 10.3.